The van der Waals surface area contributed by atoms with E-state index in [1.807, 2.05) is 6.92 Å². The number of aryl methyl sites for hydroxylation is 1. The van der Waals surface area contributed by atoms with E-state index in [0.29, 0.717) is 0 Å². The number of nitrogens with two attached hydrogens (primary N) is 1. The van der Waals surface area contributed by atoms with Crippen molar-refractivity contribution in [3.63, 3.8) is 0 Å². The quantitative estimate of drug-likeness (QED) is 0.359. The summed E-state index contributed by atoms with van der Waals surface area (Å²) in [5.74, 6) is 0. The molecule has 0 saturated carbocycles. The van der Waals surface area contributed by atoms with Gasteiger partial charge in [0.2, 0.25) is 5.69 Å². The second kappa shape index (κ2) is 7.38. The van der Waals surface area contributed by atoms with Crippen LogP contribution in [0.5, 0.6) is 0 Å². The van der Waals surface area contributed by atoms with Gasteiger partial charge in [0.15, 0.2) is 0 Å². The van der Waals surface area contributed by atoms with Crippen LogP contribution in [0.4, 0.5) is 17.1 Å². The van der Waals surface area contributed by atoms with Crippen molar-refractivity contribution in [1.82, 2.24) is 0 Å². The van der Waals surface area contributed by atoms with Crippen LogP contribution in [0.15, 0.2) is 41.3 Å². The first-order chi connectivity index (χ1) is 10.5. The third kappa shape index (κ3) is 5.49. The van der Waals surface area contributed by atoms with Crippen molar-refractivity contribution in [2.75, 3.05) is 5.73 Å². The van der Waals surface area contributed by atoms with Crippen LogP contribution >= 0.6 is 11.6 Å². The zero-order valence-corrected chi connectivity index (χ0v) is 13.6. The Morgan fingerprint density at radius 2 is 1.74 bits per heavy atom. The van der Waals surface area contributed by atoms with Crippen LogP contribution in [0.2, 0.25) is 5.02 Å². The molecule has 0 atom stereocenters. The molecule has 0 heterocycles. The first kappa shape index (κ1) is 18.8. The minimum absolute atomic E-state index is 0.114. The monoisotopic (exact) mass is 359 g/mol. The van der Waals surface area contributed by atoms with Gasteiger partial charge in [-0.05, 0) is 19.1 Å². The normalized spacial score (nSPS) is 10.6. The summed E-state index contributed by atoms with van der Waals surface area (Å²) in [5, 5.41) is 10.6. The van der Waals surface area contributed by atoms with Crippen molar-refractivity contribution in [1.29, 1.82) is 0 Å². The lowest BCUT2D eigenvalue weighted by Crippen LogP contribution is -2.40. The van der Waals surface area contributed by atoms with Crippen LogP contribution in [0.1, 0.15) is 5.56 Å². The highest BCUT2D eigenvalue weighted by molar-refractivity contribution is 7.85. The van der Waals surface area contributed by atoms with E-state index in [0.717, 1.165) is 5.56 Å². The van der Waals surface area contributed by atoms with Gasteiger partial charge in [0.25, 0.3) is 0 Å². The van der Waals surface area contributed by atoms with Crippen LogP contribution in [0.25, 0.3) is 0 Å². The maximum atomic E-state index is 10.4. The van der Waals surface area contributed by atoms with Gasteiger partial charge in [-0.1, -0.05) is 29.3 Å². The summed E-state index contributed by atoms with van der Waals surface area (Å²) in [4.78, 5) is 9.63. The number of halogens is 1. The molecule has 2 aromatic carbocycles. The Kier molecular flexibility index (Phi) is 6.05. The summed E-state index contributed by atoms with van der Waals surface area (Å²) < 4.78 is 31.2. The lowest BCUT2D eigenvalue weighted by Gasteiger charge is -2.05. The maximum absolute atomic E-state index is 10.4. The molecule has 0 aliphatic heterocycles. The minimum atomic E-state index is -4.27. The van der Waals surface area contributed by atoms with Crippen molar-refractivity contribution >= 4 is 38.8 Å². The van der Waals surface area contributed by atoms with Gasteiger partial charge in [-0.3, -0.25) is 10.1 Å². The van der Waals surface area contributed by atoms with Crippen LogP contribution in [-0.2, 0) is 10.1 Å². The number of nitrogens with zero attached hydrogens (tertiary/aromatic N) is 1. The van der Waals surface area contributed by atoms with Crippen molar-refractivity contribution in [2.24, 2.45) is 0 Å². The average Bonchev–Trinajstić information content (AvgIpc) is 2.42. The van der Waals surface area contributed by atoms with Crippen molar-refractivity contribution in [3.8, 4) is 0 Å². The van der Waals surface area contributed by atoms with Crippen LogP contribution < -0.4 is 11.5 Å². The summed E-state index contributed by atoms with van der Waals surface area (Å²) in [5.41, 5.74) is 10.1. The predicted octanol–water partition coefficient (Wildman–Crippen LogP) is 1.60. The Morgan fingerprint density at radius 3 is 2.17 bits per heavy atom. The van der Waals surface area contributed by atoms with E-state index >= 15 is 0 Å². The van der Waals surface area contributed by atoms with E-state index in [1.165, 1.54) is 24.3 Å². The summed E-state index contributed by atoms with van der Waals surface area (Å²) in [6.07, 6.45) is 0. The Hall–Kier alpha value is -2.20. The Morgan fingerprint density at radius 1 is 1.22 bits per heavy atom. The number of hydrogen-bond acceptors (Lipinski definition) is 6. The third-order valence-electron chi connectivity index (χ3n) is 2.70. The summed E-state index contributed by atoms with van der Waals surface area (Å²) in [6.45, 7) is 1.82. The largest absolute Gasteiger partial charge is 0.744 e. The van der Waals surface area contributed by atoms with E-state index < -0.39 is 15.0 Å². The summed E-state index contributed by atoms with van der Waals surface area (Å²) >= 11 is 5.60. The molecule has 5 N–H and O–H groups in total. The molecule has 0 amide bonds. The number of hydrogen-bond donors (Lipinski definition) is 2. The minimum Gasteiger partial charge on any atom is -0.744 e. The highest BCUT2D eigenvalue weighted by Crippen LogP contribution is 2.29. The molecule has 0 aliphatic carbocycles. The molecule has 0 radical (unpaired) electrons. The highest BCUT2D eigenvalue weighted by Gasteiger charge is 2.16. The second-order valence-electron chi connectivity index (χ2n) is 4.53. The van der Waals surface area contributed by atoms with Gasteiger partial charge in [-0.25, -0.2) is 8.42 Å². The van der Waals surface area contributed by atoms with E-state index in [1.54, 1.807) is 12.1 Å². The van der Waals surface area contributed by atoms with Crippen LogP contribution in [0.3, 0.4) is 0 Å². The van der Waals surface area contributed by atoms with Crippen LogP contribution in [-0.4, -0.2) is 17.9 Å². The molecular formula is C13H14ClN3O5S. The van der Waals surface area contributed by atoms with Gasteiger partial charge in [-0.2, -0.15) is 0 Å². The molecule has 0 unspecified atom stereocenters. The maximum Gasteiger partial charge on any atom is 0.331 e. The van der Waals surface area contributed by atoms with Crippen molar-refractivity contribution in [3.05, 3.63) is 57.1 Å². The van der Waals surface area contributed by atoms with Gasteiger partial charge in [0.05, 0.1) is 20.5 Å². The molecule has 2 aromatic rings. The molecule has 23 heavy (non-hydrogen) atoms. The third-order valence-corrected chi connectivity index (χ3v) is 3.88. The van der Waals surface area contributed by atoms with Gasteiger partial charge in [0, 0.05) is 12.1 Å². The number of quaternary nitrogens is 1. The summed E-state index contributed by atoms with van der Waals surface area (Å²) in [6, 6.07) is 8.35. The Balaban J connectivity index is 0.000000231. The van der Waals surface area contributed by atoms with Crippen molar-refractivity contribution < 1.29 is 23.6 Å². The highest BCUT2D eigenvalue weighted by atomic mass is 35.5. The van der Waals surface area contributed by atoms with E-state index in [9.17, 15) is 23.1 Å². The summed E-state index contributed by atoms with van der Waals surface area (Å²) in [7, 11) is -4.27. The van der Waals surface area contributed by atoms with Gasteiger partial charge in [0.1, 0.15) is 10.1 Å². The molecule has 8 nitrogen and oxygen atoms in total. The fraction of sp³-hybridized carbons (Fsp3) is 0.0769. The fourth-order valence-electron chi connectivity index (χ4n) is 1.49. The van der Waals surface area contributed by atoms with E-state index in [-0.39, 0.29) is 27.0 Å². The molecule has 10 heteroatoms. The van der Waals surface area contributed by atoms with Gasteiger partial charge < -0.3 is 16.0 Å². The van der Waals surface area contributed by atoms with E-state index in [4.69, 9.17) is 17.3 Å². The average molecular weight is 360 g/mol. The molecule has 0 aromatic heterocycles. The zero-order chi connectivity index (χ0) is 17.8. The Bertz CT molecular complexity index is 822. The number of benzene rings is 2. The first-order valence-electron chi connectivity index (χ1n) is 6.10. The molecule has 0 spiro atoms. The molecular weight excluding hydrogens is 346 g/mol. The number of anilines is 1. The smallest absolute Gasteiger partial charge is 0.331 e. The molecule has 0 aliphatic rings. The molecule has 2 rings (SSSR count). The lowest BCUT2D eigenvalue weighted by molar-refractivity contribution is -0.395. The number of rotatable bonds is 2. The SMILES string of the molecule is Cc1ccc(S(=O)(=O)[O-])cc1.Nc1cc([N+](=O)[O-])c([NH3+])cc1Cl. The first-order valence-corrected chi connectivity index (χ1v) is 7.89. The molecule has 0 bridgehead atoms. The van der Waals surface area contributed by atoms with Gasteiger partial charge >= 0.3 is 5.69 Å². The molecule has 124 valence electrons. The molecule has 0 saturated heterocycles. The van der Waals surface area contributed by atoms with Crippen LogP contribution in [0, 0.1) is 17.0 Å². The Labute approximate surface area is 137 Å². The zero-order valence-electron chi connectivity index (χ0n) is 12.0. The fourth-order valence-corrected chi connectivity index (χ4v) is 2.15. The molecule has 0 fully saturated rings. The standard InChI is InChI=1S/C7H8O3S.C6H6ClN3O2/c1-6-2-4-7(5-3-6)11(8,9)10;7-3-1-5(9)6(10(11)12)2-4(3)8/h2-5H,1H3,(H,8,9,10);1-2H,8-9H2. The topological polar surface area (TPSA) is 154 Å². The number of nitro groups is 1. The predicted molar refractivity (Wildman–Crippen MR) is 84.2 cm³/mol. The lowest BCUT2D eigenvalue weighted by atomic mass is 10.2. The van der Waals surface area contributed by atoms with Gasteiger partial charge in [-0.15, -0.1) is 0 Å². The number of nitrogen functional groups attached to an aromatic ring is 1. The second-order valence-corrected chi connectivity index (χ2v) is 6.31. The van der Waals surface area contributed by atoms with E-state index in [2.05, 4.69) is 5.73 Å². The number of nitro benzene ring substituents is 1. The van der Waals surface area contributed by atoms with Crippen molar-refractivity contribution in [2.45, 2.75) is 11.8 Å².